The molecule has 0 rings (SSSR count). The van der Waals surface area contributed by atoms with E-state index < -0.39 is 0 Å². The highest BCUT2D eigenvalue weighted by molar-refractivity contribution is 5.80. The maximum absolute atomic E-state index is 5.49. The summed E-state index contributed by atoms with van der Waals surface area (Å²) < 4.78 is 0. The summed E-state index contributed by atoms with van der Waals surface area (Å²) in [5.74, 6) is 0. The van der Waals surface area contributed by atoms with Gasteiger partial charge in [-0.3, -0.25) is 4.99 Å². The number of aliphatic imine (C=N–C) groups is 1. The topological polar surface area (TPSA) is 38.4 Å². The third-order valence-electron chi connectivity index (χ3n) is 1.56. The Bertz CT molecular complexity index is 183. The van der Waals surface area contributed by atoms with Crippen LogP contribution >= 0.6 is 0 Å². The zero-order chi connectivity index (χ0) is 9.78. The van der Waals surface area contributed by atoms with Gasteiger partial charge in [-0.1, -0.05) is 20.8 Å². The van der Waals surface area contributed by atoms with Crippen LogP contribution in [0.2, 0.25) is 0 Å². The van der Waals surface area contributed by atoms with Crippen LogP contribution in [0.25, 0.3) is 0 Å². The number of hydrogen-bond acceptors (Lipinski definition) is 2. The zero-order valence-electron chi connectivity index (χ0n) is 8.76. The van der Waals surface area contributed by atoms with Crippen LogP contribution in [0.1, 0.15) is 34.6 Å². The number of rotatable bonds is 2. The molecule has 12 heavy (non-hydrogen) atoms. The number of hydrogen-bond donors (Lipinski definition) is 1. The molecule has 0 saturated heterocycles. The molecule has 0 fully saturated rings. The molecule has 0 aromatic heterocycles. The van der Waals surface area contributed by atoms with E-state index >= 15 is 0 Å². The van der Waals surface area contributed by atoms with Crippen LogP contribution in [0, 0.1) is 5.41 Å². The van der Waals surface area contributed by atoms with Gasteiger partial charge >= 0.3 is 0 Å². The normalized spacial score (nSPS) is 14.7. The molecule has 0 amide bonds. The van der Waals surface area contributed by atoms with E-state index in [1.807, 2.05) is 20.1 Å². The predicted molar refractivity (Wildman–Crippen MR) is 55.4 cm³/mol. The SMILES string of the molecule is CC(C)N=CC(=CN)C(C)(C)C. The molecule has 0 atom stereocenters. The lowest BCUT2D eigenvalue weighted by Gasteiger charge is -2.18. The Kier molecular flexibility index (Phi) is 4.01. The molecular formula is C10H20N2. The van der Waals surface area contributed by atoms with Crippen LogP contribution in [0.4, 0.5) is 0 Å². The lowest BCUT2D eigenvalue weighted by atomic mass is 9.88. The third-order valence-corrected chi connectivity index (χ3v) is 1.56. The Labute approximate surface area is 75.6 Å². The van der Waals surface area contributed by atoms with Crippen LogP contribution in [0.15, 0.2) is 16.8 Å². The van der Waals surface area contributed by atoms with Crippen molar-refractivity contribution in [3.8, 4) is 0 Å². The number of nitrogens with two attached hydrogens (primary N) is 1. The first-order valence-electron chi connectivity index (χ1n) is 4.33. The minimum Gasteiger partial charge on any atom is -0.404 e. The molecule has 0 aromatic rings. The number of nitrogens with zero attached hydrogens (tertiary/aromatic N) is 1. The molecule has 0 bridgehead atoms. The molecule has 0 heterocycles. The summed E-state index contributed by atoms with van der Waals surface area (Å²) >= 11 is 0. The van der Waals surface area contributed by atoms with Gasteiger partial charge in [-0.15, -0.1) is 0 Å². The lowest BCUT2D eigenvalue weighted by molar-refractivity contribution is 0.525. The Hall–Kier alpha value is -0.790. The van der Waals surface area contributed by atoms with Gasteiger partial charge in [0.25, 0.3) is 0 Å². The maximum Gasteiger partial charge on any atom is 0.0443 e. The minimum absolute atomic E-state index is 0.0904. The average Bonchev–Trinajstić information content (AvgIpc) is 1.85. The predicted octanol–water partition coefficient (Wildman–Crippen LogP) is 2.35. The number of allylic oxidation sites excluding steroid dienone is 1. The quantitative estimate of drug-likeness (QED) is 0.631. The summed E-state index contributed by atoms with van der Waals surface area (Å²) in [6, 6.07) is 0.335. The fraction of sp³-hybridized carbons (Fsp3) is 0.700. The molecule has 0 radical (unpaired) electrons. The summed E-state index contributed by atoms with van der Waals surface area (Å²) in [4.78, 5) is 4.29. The molecule has 0 unspecified atom stereocenters. The standard InChI is InChI=1S/C10H20N2/c1-8(2)12-7-9(6-11)10(3,4)5/h6-8H,11H2,1-5H3. The third kappa shape index (κ3) is 4.16. The fourth-order valence-electron chi connectivity index (χ4n) is 0.716. The van der Waals surface area contributed by atoms with Crippen molar-refractivity contribution >= 4 is 6.21 Å². The van der Waals surface area contributed by atoms with Crippen molar-refractivity contribution in [2.24, 2.45) is 16.1 Å². The second-order valence-electron chi connectivity index (χ2n) is 4.24. The molecule has 0 aromatic carbocycles. The van der Waals surface area contributed by atoms with E-state index in [1.165, 1.54) is 0 Å². The van der Waals surface area contributed by atoms with Crippen molar-refractivity contribution in [3.05, 3.63) is 11.8 Å². The first-order chi connectivity index (χ1) is 5.38. The van der Waals surface area contributed by atoms with E-state index in [2.05, 4.69) is 25.8 Å². The monoisotopic (exact) mass is 168 g/mol. The van der Waals surface area contributed by atoms with Gasteiger partial charge in [0, 0.05) is 12.3 Å². The first kappa shape index (κ1) is 11.2. The van der Waals surface area contributed by atoms with Crippen molar-refractivity contribution in [1.82, 2.24) is 0 Å². The smallest absolute Gasteiger partial charge is 0.0443 e. The van der Waals surface area contributed by atoms with E-state index in [-0.39, 0.29) is 5.41 Å². The van der Waals surface area contributed by atoms with Gasteiger partial charge in [0.1, 0.15) is 0 Å². The highest BCUT2D eigenvalue weighted by Crippen LogP contribution is 2.22. The van der Waals surface area contributed by atoms with Crippen LogP contribution in [-0.4, -0.2) is 12.3 Å². The zero-order valence-corrected chi connectivity index (χ0v) is 8.76. The summed E-state index contributed by atoms with van der Waals surface area (Å²) in [5.41, 5.74) is 6.66. The van der Waals surface area contributed by atoms with Crippen LogP contribution in [-0.2, 0) is 0 Å². The van der Waals surface area contributed by atoms with Crippen molar-refractivity contribution in [1.29, 1.82) is 0 Å². The van der Waals surface area contributed by atoms with Gasteiger partial charge in [-0.25, -0.2) is 0 Å². The van der Waals surface area contributed by atoms with Crippen molar-refractivity contribution in [2.45, 2.75) is 40.7 Å². The van der Waals surface area contributed by atoms with E-state index in [1.54, 1.807) is 6.20 Å². The van der Waals surface area contributed by atoms with Gasteiger partial charge in [-0.05, 0) is 31.0 Å². The lowest BCUT2D eigenvalue weighted by Crippen LogP contribution is -2.13. The maximum atomic E-state index is 5.49. The Morgan fingerprint density at radius 3 is 2.08 bits per heavy atom. The summed E-state index contributed by atoms with van der Waals surface area (Å²) in [6.45, 7) is 10.5. The van der Waals surface area contributed by atoms with Gasteiger partial charge in [0.05, 0.1) is 0 Å². The summed E-state index contributed by atoms with van der Waals surface area (Å²) in [7, 11) is 0. The van der Waals surface area contributed by atoms with Gasteiger partial charge < -0.3 is 5.73 Å². The molecule has 0 spiro atoms. The highest BCUT2D eigenvalue weighted by atomic mass is 14.7. The second kappa shape index (κ2) is 4.29. The Balaban J connectivity index is 4.42. The molecule has 0 aliphatic carbocycles. The highest BCUT2D eigenvalue weighted by Gasteiger charge is 2.14. The van der Waals surface area contributed by atoms with Crippen molar-refractivity contribution < 1.29 is 0 Å². The van der Waals surface area contributed by atoms with E-state index in [9.17, 15) is 0 Å². The Morgan fingerprint density at radius 2 is 1.83 bits per heavy atom. The second-order valence-corrected chi connectivity index (χ2v) is 4.24. The molecule has 0 aliphatic rings. The molecule has 0 saturated carbocycles. The van der Waals surface area contributed by atoms with Crippen molar-refractivity contribution in [2.75, 3.05) is 0 Å². The van der Waals surface area contributed by atoms with Crippen molar-refractivity contribution in [3.63, 3.8) is 0 Å². The van der Waals surface area contributed by atoms with E-state index in [0.29, 0.717) is 6.04 Å². The molecule has 2 N–H and O–H groups in total. The average molecular weight is 168 g/mol. The molecule has 2 heteroatoms. The largest absolute Gasteiger partial charge is 0.404 e. The van der Waals surface area contributed by atoms with Gasteiger partial charge in [0.15, 0.2) is 0 Å². The molecule has 0 aliphatic heterocycles. The Morgan fingerprint density at radius 1 is 1.33 bits per heavy atom. The fourth-order valence-corrected chi connectivity index (χ4v) is 0.716. The van der Waals surface area contributed by atoms with Gasteiger partial charge in [0.2, 0.25) is 0 Å². The van der Waals surface area contributed by atoms with Crippen LogP contribution < -0.4 is 5.73 Å². The molecule has 70 valence electrons. The molecule has 2 nitrogen and oxygen atoms in total. The summed E-state index contributed by atoms with van der Waals surface area (Å²) in [6.07, 6.45) is 3.50. The van der Waals surface area contributed by atoms with E-state index in [0.717, 1.165) is 5.57 Å². The van der Waals surface area contributed by atoms with Crippen LogP contribution in [0.3, 0.4) is 0 Å². The molecular weight excluding hydrogens is 148 g/mol. The summed E-state index contributed by atoms with van der Waals surface area (Å²) in [5, 5.41) is 0. The minimum atomic E-state index is 0.0904. The van der Waals surface area contributed by atoms with Crippen LogP contribution in [0.5, 0.6) is 0 Å². The van der Waals surface area contributed by atoms with E-state index in [4.69, 9.17) is 5.73 Å². The van der Waals surface area contributed by atoms with Gasteiger partial charge in [-0.2, -0.15) is 0 Å². The first-order valence-corrected chi connectivity index (χ1v) is 4.33.